The van der Waals surface area contributed by atoms with Crippen LogP contribution < -0.4 is 10.1 Å². The van der Waals surface area contributed by atoms with Crippen LogP contribution >= 0.6 is 22.6 Å². The van der Waals surface area contributed by atoms with Crippen LogP contribution in [0.1, 0.15) is 24.8 Å². The second-order valence-electron chi connectivity index (χ2n) is 4.85. The molecule has 0 saturated heterocycles. The number of hydrogen-bond acceptors (Lipinski definition) is 3. The molecule has 0 spiro atoms. The van der Waals surface area contributed by atoms with E-state index >= 15 is 0 Å². The van der Waals surface area contributed by atoms with E-state index in [1.807, 2.05) is 13.1 Å². The number of benzene rings is 1. The molecule has 1 aliphatic rings. The number of carbonyl (C=O) groups is 1. The van der Waals surface area contributed by atoms with Crippen molar-refractivity contribution in [2.75, 3.05) is 7.05 Å². The van der Waals surface area contributed by atoms with E-state index in [-0.39, 0.29) is 15.7 Å². The highest BCUT2D eigenvalue weighted by atomic mass is 127. The molecule has 0 atom stereocenters. The molecule has 3 nitrogen and oxygen atoms in total. The van der Waals surface area contributed by atoms with Crippen molar-refractivity contribution in [2.45, 2.75) is 37.8 Å². The predicted octanol–water partition coefficient (Wildman–Crippen LogP) is 2.85. The number of carbonyl (C=O) groups excluding carboxylic acids is 1. The molecule has 1 saturated carbocycles. The zero-order valence-corrected chi connectivity index (χ0v) is 12.9. The Morgan fingerprint density at radius 1 is 1.47 bits per heavy atom. The fourth-order valence-corrected chi connectivity index (χ4v) is 2.44. The molecular weight excluding hydrogens is 360 g/mol. The van der Waals surface area contributed by atoms with E-state index < -0.39 is 0 Å². The summed E-state index contributed by atoms with van der Waals surface area (Å²) >= 11 is 1.76. The molecular formula is C14H17FINO2. The third-order valence-electron chi connectivity index (χ3n) is 3.35. The SMILES string of the molecule is CNC1CC(Oc2cc(F)cc(CCC(=O)I)c2)C1. The van der Waals surface area contributed by atoms with Gasteiger partial charge in [-0.25, -0.2) is 4.39 Å². The first-order chi connectivity index (χ1) is 9.06. The molecule has 0 unspecified atom stereocenters. The minimum atomic E-state index is -0.308. The zero-order valence-electron chi connectivity index (χ0n) is 10.8. The summed E-state index contributed by atoms with van der Waals surface area (Å²) < 4.78 is 19.3. The molecule has 1 aromatic carbocycles. The Balaban J connectivity index is 1.95. The average Bonchev–Trinajstić information content (AvgIpc) is 2.30. The van der Waals surface area contributed by atoms with Crippen molar-refractivity contribution in [2.24, 2.45) is 0 Å². The van der Waals surface area contributed by atoms with Gasteiger partial charge in [-0.05, 0) is 66.6 Å². The van der Waals surface area contributed by atoms with Crippen molar-refractivity contribution < 1.29 is 13.9 Å². The Hall–Kier alpha value is -0.690. The van der Waals surface area contributed by atoms with E-state index in [2.05, 4.69) is 5.32 Å². The normalized spacial score (nSPS) is 21.8. The van der Waals surface area contributed by atoms with Crippen molar-refractivity contribution >= 4 is 26.4 Å². The van der Waals surface area contributed by atoms with Gasteiger partial charge in [-0.3, -0.25) is 4.79 Å². The molecule has 1 fully saturated rings. The van der Waals surface area contributed by atoms with Crippen molar-refractivity contribution in [1.29, 1.82) is 0 Å². The fourth-order valence-electron chi connectivity index (χ4n) is 2.17. The van der Waals surface area contributed by atoms with Crippen LogP contribution in [0.25, 0.3) is 0 Å². The van der Waals surface area contributed by atoms with Gasteiger partial charge >= 0.3 is 0 Å². The average molecular weight is 377 g/mol. The van der Waals surface area contributed by atoms with Gasteiger partial charge in [-0.1, -0.05) is 0 Å². The molecule has 1 aromatic rings. The van der Waals surface area contributed by atoms with Crippen LogP contribution in [-0.2, 0) is 11.2 Å². The van der Waals surface area contributed by atoms with Crippen LogP contribution in [0, 0.1) is 5.82 Å². The summed E-state index contributed by atoms with van der Waals surface area (Å²) in [4.78, 5) is 10.9. The first-order valence-electron chi connectivity index (χ1n) is 6.38. The number of aryl methyl sites for hydroxylation is 1. The van der Waals surface area contributed by atoms with Crippen LogP contribution in [0.3, 0.4) is 0 Å². The lowest BCUT2D eigenvalue weighted by Crippen LogP contribution is -2.45. The molecule has 0 aromatic heterocycles. The Labute approximate surface area is 126 Å². The van der Waals surface area contributed by atoms with E-state index in [9.17, 15) is 9.18 Å². The quantitative estimate of drug-likeness (QED) is 0.612. The van der Waals surface area contributed by atoms with Crippen LogP contribution in [0.15, 0.2) is 18.2 Å². The summed E-state index contributed by atoms with van der Waals surface area (Å²) in [6, 6.07) is 5.20. The van der Waals surface area contributed by atoms with Crippen LogP contribution in [0.5, 0.6) is 5.75 Å². The third kappa shape index (κ3) is 4.42. The topological polar surface area (TPSA) is 38.3 Å². The minimum absolute atomic E-state index is 0.0835. The molecule has 104 valence electrons. The molecule has 1 N–H and O–H groups in total. The smallest absolute Gasteiger partial charge is 0.192 e. The first-order valence-corrected chi connectivity index (χ1v) is 7.46. The van der Waals surface area contributed by atoms with Crippen molar-refractivity contribution in [3.8, 4) is 5.75 Å². The highest BCUT2D eigenvalue weighted by Gasteiger charge is 2.29. The molecule has 0 amide bonds. The second-order valence-corrected chi connectivity index (χ2v) is 6.05. The van der Waals surface area contributed by atoms with Crippen molar-refractivity contribution in [1.82, 2.24) is 5.32 Å². The lowest BCUT2D eigenvalue weighted by Gasteiger charge is -2.35. The van der Waals surface area contributed by atoms with Gasteiger partial charge in [0, 0.05) is 18.5 Å². The Kier molecular flexibility index (Phi) is 5.15. The maximum absolute atomic E-state index is 13.5. The number of halogens is 2. The van der Waals surface area contributed by atoms with Gasteiger partial charge in [0.05, 0.1) is 0 Å². The maximum Gasteiger partial charge on any atom is 0.192 e. The molecule has 0 radical (unpaired) electrons. The summed E-state index contributed by atoms with van der Waals surface area (Å²) in [5.74, 6) is 0.258. The van der Waals surface area contributed by atoms with Crippen molar-refractivity contribution in [3.63, 3.8) is 0 Å². The molecule has 0 bridgehead atoms. The maximum atomic E-state index is 13.5. The largest absolute Gasteiger partial charge is 0.490 e. The van der Waals surface area contributed by atoms with Crippen LogP contribution in [0.4, 0.5) is 4.39 Å². The van der Waals surface area contributed by atoms with E-state index in [0.29, 0.717) is 24.6 Å². The Morgan fingerprint density at radius 3 is 2.84 bits per heavy atom. The molecule has 2 rings (SSSR count). The minimum Gasteiger partial charge on any atom is -0.490 e. The van der Waals surface area contributed by atoms with E-state index in [1.165, 1.54) is 12.1 Å². The number of rotatable bonds is 6. The van der Waals surface area contributed by atoms with E-state index in [4.69, 9.17) is 4.74 Å². The Bertz CT molecular complexity index is 461. The fraction of sp³-hybridized carbons (Fsp3) is 0.500. The Morgan fingerprint density at radius 2 is 2.21 bits per heavy atom. The van der Waals surface area contributed by atoms with Gasteiger partial charge < -0.3 is 10.1 Å². The lowest BCUT2D eigenvalue weighted by molar-refractivity contribution is -0.109. The molecule has 1 aliphatic carbocycles. The van der Waals surface area contributed by atoms with Crippen LogP contribution in [0.2, 0.25) is 0 Å². The molecule has 19 heavy (non-hydrogen) atoms. The monoisotopic (exact) mass is 377 g/mol. The second kappa shape index (κ2) is 6.65. The summed E-state index contributed by atoms with van der Waals surface area (Å²) in [6.45, 7) is 0. The summed E-state index contributed by atoms with van der Waals surface area (Å²) in [5, 5.41) is 3.18. The van der Waals surface area contributed by atoms with E-state index in [1.54, 1.807) is 22.6 Å². The van der Waals surface area contributed by atoms with Gasteiger partial charge in [0.25, 0.3) is 0 Å². The summed E-state index contributed by atoms with van der Waals surface area (Å²) in [5.41, 5.74) is 0.810. The number of ether oxygens (including phenoxy) is 1. The predicted molar refractivity (Wildman–Crippen MR) is 80.2 cm³/mol. The standard InChI is InChI=1S/C14H17FINO2/c1-17-11-7-13(8-11)19-12-5-9(2-3-14(16)18)4-10(15)6-12/h4-6,11,13,17H,2-3,7-8H2,1H3. The zero-order chi connectivity index (χ0) is 13.8. The van der Waals surface area contributed by atoms with E-state index in [0.717, 1.165) is 18.4 Å². The highest BCUT2D eigenvalue weighted by Crippen LogP contribution is 2.27. The van der Waals surface area contributed by atoms with Gasteiger partial charge in [0.1, 0.15) is 17.7 Å². The first kappa shape index (κ1) is 14.7. The number of hydrogen-bond donors (Lipinski definition) is 1. The summed E-state index contributed by atoms with van der Waals surface area (Å²) in [7, 11) is 1.93. The van der Waals surface area contributed by atoms with Crippen molar-refractivity contribution in [3.05, 3.63) is 29.6 Å². The number of nitrogens with one attached hydrogen (secondary N) is 1. The van der Waals surface area contributed by atoms with Gasteiger partial charge in [0.15, 0.2) is 3.79 Å². The van der Waals surface area contributed by atoms with Gasteiger partial charge in [-0.2, -0.15) is 0 Å². The molecule has 5 heteroatoms. The van der Waals surface area contributed by atoms with Gasteiger partial charge in [-0.15, -0.1) is 0 Å². The van der Waals surface area contributed by atoms with Crippen LogP contribution in [-0.4, -0.2) is 23.0 Å². The third-order valence-corrected chi connectivity index (χ3v) is 3.89. The van der Waals surface area contributed by atoms with Gasteiger partial charge in [0.2, 0.25) is 0 Å². The molecule has 0 heterocycles. The summed E-state index contributed by atoms with van der Waals surface area (Å²) in [6.07, 6.45) is 3.05. The highest BCUT2D eigenvalue weighted by molar-refractivity contribution is 14.1. The lowest BCUT2D eigenvalue weighted by atomic mass is 9.89. The molecule has 0 aliphatic heterocycles.